The zero-order valence-corrected chi connectivity index (χ0v) is 10.6. The Morgan fingerprint density at radius 2 is 2.18 bits per heavy atom. The predicted octanol–water partition coefficient (Wildman–Crippen LogP) is 0.195. The number of aliphatic carboxylic acids is 1. The lowest BCUT2D eigenvalue weighted by atomic mass is 10.1. The molecule has 6 nitrogen and oxygen atoms in total. The second kappa shape index (κ2) is 5.86. The Balaban J connectivity index is 2.48. The number of urea groups is 1. The first-order chi connectivity index (χ1) is 7.91. The summed E-state index contributed by atoms with van der Waals surface area (Å²) in [4.78, 5) is 26.2. The highest BCUT2D eigenvalue weighted by molar-refractivity contribution is 5.82. The van der Waals surface area contributed by atoms with Gasteiger partial charge in [0.05, 0.1) is 0 Å². The largest absolute Gasteiger partial charge is 0.480 e. The Labute approximate surface area is 102 Å². The van der Waals surface area contributed by atoms with E-state index in [1.54, 1.807) is 11.9 Å². The molecule has 1 saturated heterocycles. The monoisotopic (exact) mass is 243 g/mol. The standard InChI is InChI=1S/C11H21N3O3/c1-8(10(15)16)12-11(17)14(3)9-5-4-6-13(2)7-9/h8-9H,4-7H2,1-3H3,(H,12,17)(H,15,16)/t8-,9?/m1/s1. The summed E-state index contributed by atoms with van der Waals surface area (Å²) in [6.07, 6.45) is 2.03. The molecule has 0 spiro atoms. The van der Waals surface area contributed by atoms with E-state index in [0.29, 0.717) is 0 Å². The van der Waals surface area contributed by atoms with Crippen LogP contribution in [0, 0.1) is 0 Å². The number of hydrogen-bond donors (Lipinski definition) is 2. The van der Waals surface area contributed by atoms with Crippen molar-refractivity contribution in [1.82, 2.24) is 15.1 Å². The number of amides is 2. The third kappa shape index (κ3) is 3.89. The van der Waals surface area contributed by atoms with Crippen LogP contribution in [-0.2, 0) is 4.79 Å². The highest BCUT2D eigenvalue weighted by atomic mass is 16.4. The van der Waals surface area contributed by atoms with Crippen molar-refractivity contribution >= 4 is 12.0 Å². The third-order valence-electron chi connectivity index (χ3n) is 3.18. The highest BCUT2D eigenvalue weighted by Crippen LogP contribution is 2.13. The van der Waals surface area contributed by atoms with Crippen molar-refractivity contribution in [2.45, 2.75) is 31.8 Å². The number of piperidine rings is 1. The van der Waals surface area contributed by atoms with E-state index in [9.17, 15) is 9.59 Å². The molecule has 1 aliphatic heterocycles. The fourth-order valence-electron chi connectivity index (χ4n) is 1.97. The molecule has 17 heavy (non-hydrogen) atoms. The quantitative estimate of drug-likeness (QED) is 0.742. The fraction of sp³-hybridized carbons (Fsp3) is 0.818. The van der Waals surface area contributed by atoms with Crippen LogP contribution in [0.1, 0.15) is 19.8 Å². The molecule has 1 heterocycles. The summed E-state index contributed by atoms with van der Waals surface area (Å²) in [5.41, 5.74) is 0. The lowest BCUT2D eigenvalue weighted by Crippen LogP contribution is -2.53. The maximum atomic E-state index is 11.8. The van der Waals surface area contributed by atoms with Crippen LogP contribution < -0.4 is 5.32 Å². The van der Waals surface area contributed by atoms with E-state index >= 15 is 0 Å². The minimum Gasteiger partial charge on any atom is -0.480 e. The van der Waals surface area contributed by atoms with E-state index in [2.05, 4.69) is 10.2 Å². The van der Waals surface area contributed by atoms with Gasteiger partial charge in [-0.25, -0.2) is 4.79 Å². The first kappa shape index (κ1) is 13.8. The van der Waals surface area contributed by atoms with Crippen LogP contribution in [0.5, 0.6) is 0 Å². The fourth-order valence-corrected chi connectivity index (χ4v) is 1.97. The number of carboxylic acid groups (broad SMARTS) is 1. The molecule has 0 aromatic carbocycles. The van der Waals surface area contributed by atoms with Crippen LogP contribution in [0.2, 0.25) is 0 Å². The molecule has 0 aromatic heterocycles. The Bertz CT molecular complexity index is 296. The second-order valence-electron chi connectivity index (χ2n) is 4.68. The summed E-state index contributed by atoms with van der Waals surface area (Å²) in [6.45, 7) is 3.35. The van der Waals surface area contributed by atoms with Gasteiger partial charge in [0.15, 0.2) is 0 Å². The number of carbonyl (C=O) groups excluding carboxylic acids is 1. The van der Waals surface area contributed by atoms with Gasteiger partial charge in [-0.05, 0) is 33.4 Å². The van der Waals surface area contributed by atoms with Crippen LogP contribution in [-0.4, -0.2) is 66.2 Å². The van der Waals surface area contributed by atoms with Crippen molar-refractivity contribution < 1.29 is 14.7 Å². The number of carbonyl (C=O) groups is 2. The summed E-state index contributed by atoms with van der Waals surface area (Å²) >= 11 is 0. The average Bonchev–Trinajstić information content (AvgIpc) is 2.27. The molecule has 2 amide bonds. The molecule has 1 aliphatic rings. The van der Waals surface area contributed by atoms with Crippen molar-refractivity contribution in [2.75, 3.05) is 27.2 Å². The molecule has 0 radical (unpaired) electrons. The average molecular weight is 243 g/mol. The number of rotatable bonds is 3. The topological polar surface area (TPSA) is 72.9 Å². The van der Waals surface area contributed by atoms with Gasteiger partial charge in [-0.3, -0.25) is 4.79 Å². The van der Waals surface area contributed by atoms with Gasteiger partial charge in [-0.2, -0.15) is 0 Å². The van der Waals surface area contributed by atoms with Crippen molar-refractivity contribution in [1.29, 1.82) is 0 Å². The van der Waals surface area contributed by atoms with Crippen LogP contribution >= 0.6 is 0 Å². The van der Waals surface area contributed by atoms with E-state index < -0.39 is 12.0 Å². The summed E-state index contributed by atoms with van der Waals surface area (Å²) in [5.74, 6) is -1.02. The molecular weight excluding hydrogens is 222 g/mol. The van der Waals surface area contributed by atoms with Gasteiger partial charge in [0.2, 0.25) is 0 Å². The summed E-state index contributed by atoms with van der Waals surface area (Å²) < 4.78 is 0. The predicted molar refractivity (Wildman–Crippen MR) is 63.9 cm³/mol. The molecule has 1 fully saturated rings. The van der Waals surface area contributed by atoms with Crippen molar-refractivity contribution in [2.24, 2.45) is 0 Å². The van der Waals surface area contributed by atoms with Gasteiger partial charge < -0.3 is 20.2 Å². The maximum absolute atomic E-state index is 11.8. The molecule has 2 atom stereocenters. The first-order valence-electron chi connectivity index (χ1n) is 5.86. The zero-order chi connectivity index (χ0) is 13.0. The number of likely N-dealkylation sites (tertiary alicyclic amines) is 1. The summed E-state index contributed by atoms with van der Waals surface area (Å²) in [5, 5.41) is 11.2. The number of hydrogen-bond acceptors (Lipinski definition) is 3. The molecule has 0 aromatic rings. The first-order valence-corrected chi connectivity index (χ1v) is 5.86. The van der Waals surface area contributed by atoms with Crippen LogP contribution in [0.4, 0.5) is 4.79 Å². The lowest BCUT2D eigenvalue weighted by molar-refractivity contribution is -0.138. The molecule has 98 valence electrons. The van der Waals surface area contributed by atoms with E-state index in [0.717, 1.165) is 25.9 Å². The molecular formula is C11H21N3O3. The molecule has 1 unspecified atom stereocenters. The van der Waals surface area contributed by atoms with E-state index in [-0.39, 0.29) is 12.1 Å². The molecule has 0 saturated carbocycles. The SMILES string of the molecule is C[C@@H](NC(=O)N(C)C1CCCN(C)C1)C(=O)O. The third-order valence-corrected chi connectivity index (χ3v) is 3.18. The number of carboxylic acids is 1. The molecule has 2 N–H and O–H groups in total. The molecule has 0 bridgehead atoms. The van der Waals surface area contributed by atoms with Crippen LogP contribution in [0.15, 0.2) is 0 Å². The number of nitrogens with one attached hydrogen (secondary N) is 1. The lowest BCUT2D eigenvalue weighted by Gasteiger charge is -2.36. The van der Waals surface area contributed by atoms with E-state index in [4.69, 9.17) is 5.11 Å². The van der Waals surface area contributed by atoms with Crippen LogP contribution in [0.25, 0.3) is 0 Å². The molecule has 0 aliphatic carbocycles. The number of nitrogens with zero attached hydrogens (tertiary/aromatic N) is 2. The van der Waals surface area contributed by atoms with Gasteiger partial charge in [0.25, 0.3) is 0 Å². The summed E-state index contributed by atoms with van der Waals surface area (Å²) in [6, 6.07) is -1.01. The van der Waals surface area contributed by atoms with Gasteiger partial charge in [0, 0.05) is 19.6 Å². The summed E-state index contributed by atoms with van der Waals surface area (Å²) in [7, 11) is 3.74. The van der Waals surface area contributed by atoms with Gasteiger partial charge in [-0.15, -0.1) is 0 Å². The van der Waals surface area contributed by atoms with Gasteiger partial charge >= 0.3 is 12.0 Å². The minimum absolute atomic E-state index is 0.162. The Kier molecular flexibility index (Phi) is 4.74. The number of likely N-dealkylation sites (N-methyl/N-ethyl adjacent to an activating group) is 2. The smallest absolute Gasteiger partial charge is 0.325 e. The minimum atomic E-state index is -1.02. The Morgan fingerprint density at radius 3 is 2.71 bits per heavy atom. The van der Waals surface area contributed by atoms with Crippen LogP contribution in [0.3, 0.4) is 0 Å². The van der Waals surface area contributed by atoms with Gasteiger partial charge in [0.1, 0.15) is 6.04 Å². The van der Waals surface area contributed by atoms with E-state index in [1.165, 1.54) is 6.92 Å². The molecule has 6 heteroatoms. The van der Waals surface area contributed by atoms with Crippen molar-refractivity contribution in [3.05, 3.63) is 0 Å². The van der Waals surface area contributed by atoms with Crippen molar-refractivity contribution in [3.63, 3.8) is 0 Å². The highest BCUT2D eigenvalue weighted by Gasteiger charge is 2.26. The normalized spacial score (nSPS) is 22.9. The maximum Gasteiger partial charge on any atom is 0.325 e. The molecule has 1 rings (SSSR count). The van der Waals surface area contributed by atoms with Crippen molar-refractivity contribution in [3.8, 4) is 0 Å². The zero-order valence-electron chi connectivity index (χ0n) is 10.6. The second-order valence-corrected chi connectivity index (χ2v) is 4.68. The van der Waals surface area contributed by atoms with Gasteiger partial charge in [-0.1, -0.05) is 0 Å². The Morgan fingerprint density at radius 1 is 1.53 bits per heavy atom. The van der Waals surface area contributed by atoms with E-state index in [1.807, 2.05) is 7.05 Å². The Hall–Kier alpha value is -1.30.